The molecular formula is C22H21BrN4O2S. The summed E-state index contributed by atoms with van der Waals surface area (Å²) in [6.45, 7) is 3.98. The van der Waals surface area contributed by atoms with Crippen LogP contribution in [-0.4, -0.2) is 27.3 Å². The van der Waals surface area contributed by atoms with Crippen molar-refractivity contribution in [1.29, 1.82) is 0 Å². The Morgan fingerprint density at radius 1 is 1.23 bits per heavy atom. The van der Waals surface area contributed by atoms with Crippen molar-refractivity contribution in [2.45, 2.75) is 30.8 Å². The van der Waals surface area contributed by atoms with Crippen LogP contribution < -0.4 is 5.32 Å². The van der Waals surface area contributed by atoms with Gasteiger partial charge >= 0.3 is 5.97 Å². The van der Waals surface area contributed by atoms with E-state index in [9.17, 15) is 4.79 Å². The van der Waals surface area contributed by atoms with Crippen LogP contribution in [0.4, 0.5) is 5.95 Å². The molecule has 2 aromatic carbocycles. The number of carbonyl (C=O) groups excluding carboxylic acids is 1. The molecule has 0 spiro atoms. The summed E-state index contributed by atoms with van der Waals surface area (Å²) in [6, 6.07) is 17.6. The zero-order valence-electron chi connectivity index (χ0n) is 16.6. The van der Waals surface area contributed by atoms with Crippen molar-refractivity contribution in [3.8, 4) is 0 Å². The minimum absolute atomic E-state index is 0.309. The average Bonchev–Trinajstić information content (AvgIpc) is 3.14. The predicted molar refractivity (Wildman–Crippen MR) is 121 cm³/mol. The first kappa shape index (κ1) is 20.7. The lowest BCUT2D eigenvalue weighted by Gasteiger charge is -2.28. The third-order valence-corrected chi connectivity index (χ3v) is 6.11. The quantitative estimate of drug-likeness (QED) is 0.383. The number of nitrogens with one attached hydrogen (secondary N) is 1. The Morgan fingerprint density at radius 3 is 2.77 bits per heavy atom. The van der Waals surface area contributed by atoms with Crippen LogP contribution in [0.25, 0.3) is 0 Å². The van der Waals surface area contributed by atoms with Gasteiger partial charge in [0.1, 0.15) is 6.04 Å². The molecule has 2 heterocycles. The van der Waals surface area contributed by atoms with Crippen LogP contribution in [0.15, 0.2) is 75.5 Å². The Labute approximate surface area is 187 Å². The number of benzene rings is 2. The second kappa shape index (κ2) is 9.06. The second-order valence-electron chi connectivity index (χ2n) is 6.78. The van der Waals surface area contributed by atoms with E-state index in [4.69, 9.17) is 9.84 Å². The van der Waals surface area contributed by atoms with E-state index in [2.05, 4.69) is 38.4 Å². The molecule has 0 aliphatic carbocycles. The molecule has 1 N–H and O–H groups in total. The number of rotatable bonds is 6. The van der Waals surface area contributed by atoms with Crippen molar-refractivity contribution in [2.75, 3.05) is 11.9 Å². The van der Waals surface area contributed by atoms with Crippen molar-refractivity contribution >= 4 is 39.6 Å². The molecule has 0 fully saturated rings. The summed E-state index contributed by atoms with van der Waals surface area (Å²) in [5.41, 5.74) is 3.39. The Kier molecular flexibility index (Phi) is 6.24. The van der Waals surface area contributed by atoms with Gasteiger partial charge in [-0.2, -0.15) is 4.98 Å². The molecule has 0 saturated heterocycles. The lowest BCUT2D eigenvalue weighted by Crippen LogP contribution is -2.29. The number of carbonyl (C=O) groups is 1. The van der Waals surface area contributed by atoms with E-state index in [1.54, 1.807) is 23.4 Å². The molecule has 30 heavy (non-hydrogen) atoms. The van der Waals surface area contributed by atoms with Gasteiger partial charge in [-0.15, -0.1) is 5.10 Å². The molecule has 0 saturated carbocycles. The highest BCUT2D eigenvalue weighted by molar-refractivity contribution is 9.10. The zero-order valence-corrected chi connectivity index (χ0v) is 19.0. The number of thioether (sulfide) groups is 1. The number of nitrogens with zero attached hydrogens (tertiary/aromatic N) is 3. The van der Waals surface area contributed by atoms with E-state index in [0.29, 0.717) is 23.3 Å². The van der Waals surface area contributed by atoms with Crippen LogP contribution >= 0.6 is 27.7 Å². The fraction of sp³-hybridized carbons (Fsp3) is 0.227. The molecule has 1 aliphatic rings. The second-order valence-corrected chi connectivity index (χ2v) is 8.64. The van der Waals surface area contributed by atoms with Crippen molar-refractivity contribution in [3.05, 3.63) is 81.5 Å². The fourth-order valence-electron chi connectivity index (χ4n) is 3.37. The summed E-state index contributed by atoms with van der Waals surface area (Å²) in [4.78, 5) is 17.5. The molecule has 6 nitrogen and oxygen atoms in total. The summed E-state index contributed by atoms with van der Waals surface area (Å²) >= 11 is 5.09. The molecular weight excluding hydrogens is 464 g/mol. The van der Waals surface area contributed by atoms with Crippen LogP contribution in [0.3, 0.4) is 0 Å². The SMILES string of the molecule is CCOC(=O)C1=C(C)Nc2nc(SCc3ccccc3)nn2[C@H]1c1cccc(Br)c1. The van der Waals surface area contributed by atoms with Gasteiger partial charge in [0.25, 0.3) is 0 Å². The minimum atomic E-state index is -0.420. The highest BCUT2D eigenvalue weighted by Crippen LogP contribution is 2.37. The third kappa shape index (κ3) is 4.29. The number of fused-ring (bicyclic) bond motifs is 1. The van der Waals surface area contributed by atoms with Gasteiger partial charge < -0.3 is 10.1 Å². The largest absolute Gasteiger partial charge is 0.463 e. The number of hydrogen-bond acceptors (Lipinski definition) is 6. The first-order chi connectivity index (χ1) is 14.6. The number of hydrogen-bond donors (Lipinski definition) is 1. The lowest BCUT2D eigenvalue weighted by atomic mass is 9.96. The molecule has 0 unspecified atom stereocenters. The minimum Gasteiger partial charge on any atom is -0.463 e. The van der Waals surface area contributed by atoms with Gasteiger partial charge in [0, 0.05) is 15.9 Å². The lowest BCUT2D eigenvalue weighted by molar-refractivity contribution is -0.139. The molecule has 3 aromatic rings. The molecule has 8 heteroatoms. The van der Waals surface area contributed by atoms with Gasteiger partial charge in [-0.05, 0) is 37.1 Å². The van der Waals surface area contributed by atoms with Crippen molar-refractivity contribution in [1.82, 2.24) is 14.8 Å². The highest BCUT2D eigenvalue weighted by atomic mass is 79.9. The van der Waals surface area contributed by atoms with Gasteiger partial charge in [0.05, 0.1) is 12.2 Å². The first-order valence-electron chi connectivity index (χ1n) is 9.60. The molecule has 0 radical (unpaired) electrons. The van der Waals surface area contributed by atoms with Crippen LogP contribution in [-0.2, 0) is 15.3 Å². The summed E-state index contributed by atoms with van der Waals surface area (Å²) in [5.74, 6) is 1.02. The van der Waals surface area contributed by atoms with Gasteiger partial charge in [-0.25, -0.2) is 9.48 Å². The van der Waals surface area contributed by atoms with Crippen molar-refractivity contribution in [3.63, 3.8) is 0 Å². The number of esters is 1. The Bertz CT molecular complexity index is 1100. The third-order valence-electron chi connectivity index (χ3n) is 4.70. The fourth-order valence-corrected chi connectivity index (χ4v) is 4.57. The van der Waals surface area contributed by atoms with Crippen molar-refractivity contribution < 1.29 is 9.53 Å². The number of ether oxygens (including phenoxy) is 1. The molecule has 1 aliphatic heterocycles. The van der Waals surface area contributed by atoms with Gasteiger partial charge in [0.2, 0.25) is 11.1 Å². The standard InChI is InChI=1S/C22H21BrN4O2S/c1-3-29-20(28)18-14(2)24-21-25-22(30-13-15-8-5-4-6-9-15)26-27(21)19(18)16-10-7-11-17(23)12-16/h4-12,19H,3,13H2,1-2H3,(H,24,25,26)/t19-/m0/s1. The van der Waals surface area contributed by atoms with Crippen LogP contribution in [0.2, 0.25) is 0 Å². The molecule has 1 atom stereocenters. The normalized spacial score (nSPS) is 15.5. The maximum atomic E-state index is 12.8. The van der Waals surface area contributed by atoms with Gasteiger partial charge in [-0.1, -0.05) is 70.2 Å². The topological polar surface area (TPSA) is 69.0 Å². The van der Waals surface area contributed by atoms with Gasteiger partial charge in [0.15, 0.2) is 0 Å². The summed E-state index contributed by atoms with van der Waals surface area (Å²) in [7, 11) is 0. The molecule has 1 aromatic heterocycles. The zero-order chi connectivity index (χ0) is 21.1. The van der Waals surface area contributed by atoms with Gasteiger partial charge in [-0.3, -0.25) is 0 Å². The van der Waals surface area contributed by atoms with E-state index in [-0.39, 0.29) is 5.97 Å². The van der Waals surface area contributed by atoms with E-state index in [1.807, 2.05) is 49.4 Å². The Balaban J connectivity index is 1.71. The molecule has 0 bridgehead atoms. The Morgan fingerprint density at radius 2 is 2.03 bits per heavy atom. The number of allylic oxidation sites excluding steroid dienone is 1. The smallest absolute Gasteiger partial charge is 0.338 e. The van der Waals surface area contributed by atoms with Crippen LogP contribution in [0.5, 0.6) is 0 Å². The monoisotopic (exact) mass is 484 g/mol. The number of halogens is 1. The van der Waals surface area contributed by atoms with Crippen LogP contribution in [0, 0.1) is 0 Å². The maximum Gasteiger partial charge on any atom is 0.338 e. The van der Waals surface area contributed by atoms with Crippen molar-refractivity contribution in [2.24, 2.45) is 0 Å². The highest BCUT2D eigenvalue weighted by Gasteiger charge is 2.35. The number of anilines is 1. The first-order valence-corrected chi connectivity index (χ1v) is 11.4. The maximum absolute atomic E-state index is 12.8. The summed E-state index contributed by atoms with van der Waals surface area (Å²) in [5, 5.41) is 8.61. The summed E-state index contributed by atoms with van der Waals surface area (Å²) < 4.78 is 8.05. The average molecular weight is 485 g/mol. The van der Waals surface area contributed by atoms with E-state index in [1.165, 1.54) is 5.56 Å². The van der Waals surface area contributed by atoms with E-state index >= 15 is 0 Å². The summed E-state index contributed by atoms with van der Waals surface area (Å²) in [6.07, 6.45) is 0. The van der Waals surface area contributed by atoms with E-state index in [0.717, 1.165) is 21.5 Å². The van der Waals surface area contributed by atoms with E-state index < -0.39 is 6.04 Å². The predicted octanol–water partition coefficient (Wildman–Crippen LogP) is 5.18. The van der Waals surface area contributed by atoms with Crippen LogP contribution in [0.1, 0.15) is 31.0 Å². The molecule has 154 valence electrons. The Hall–Kier alpha value is -2.58. The molecule has 4 rings (SSSR count). The molecule has 0 amide bonds. The number of aromatic nitrogens is 3.